The molecule has 90 valence electrons. The van der Waals surface area contributed by atoms with Crippen LogP contribution in [0.5, 0.6) is 5.75 Å². The van der Waals surface area contributed by atoms with E-state index in [1.165, 1.54) is 5.56 Å². The van der Waals surface area contributed by atoms with Crippen LogP contribution >= 0.6 is 0 Å². The summed E-state index contributed by atoms with van der Waals surface area (Å²) in [6, 6.07) is 7.20. The molecule has 0 aliphatic heterocycles. The Morgan fingerprint density at radius 1 is 1.06 bits per heavy atom. The van der Waals surface area contributed by atoms with Gasteiger partial charge in [-0.1, -0.05) is 32.9 Å². The third kappa shape index (κ3) is 3.85. The highest BCUT2D eigenvalue weighted by atomic mass is 32.2. The van der Waals surface area contributed by atoms with Crippen LogP contribution < -0.4 is 4.18 Å². The van der Waals surface area contributed by atoms with Crippen molar-refractivity contribution in [3.05, 3.63) is 29.8 Å². The second-order valence-electron chi connectivity index (χ2n) is 4.39. The minimum atomic E-state index is -3.43. The summed E-state index contributed by atoms with van der Waals surface area (Å²) < 4.78 is 26.6. The van der Waals surface area contributed by atoms with E-state index in [0.29, 0.717) is 17.6 Å². The maximum Gasteiger partial charge on any atom is 0.306 e. The van der Waals surface area contributed by atoms with E-state index in [0.717, 1.165) is 6.26 Å². The Balaban J connectivity index is 2.83. The second-order valence-corrected chi connectivity index (χ2v) is 5.96. The van der Waals surface area contributed by atoms with Crippen LogP contribution in [0.4, 0.5) is 0 Å². The van der Waals surface area contributed by atoms with Gasteiger partial charge in [-0.3, -0.25) is 0 Å². The molecule has 0 aliphatic carbocycles. The van der Waals surface area contributed by atoms with Gasteiger partial charge in [-0.05, 0) is 29.5 Å². The molecule has 0 amide bonds. The van der Waals surface area contributed by atoms with E-state index in [1.807, 2.05) is 12.1 Å². The molecule has 0 spiro atoms. The summed E-state index contributed by atoms with van der Waals surface area (Å²) in [5.41, 5.74) is 1.19. The minimum absolute atomic E-state index is 0.363. The van der Waals surface area contributed by atoms with Crippen LogP contribution in [0.15, 0.2) is 24.3 Å². The van der Waals surface area contributed by atoms with Crippen molar-refractivity contribution in [1.29, 1.82) is 0 Å². The predicted molar refractivity (Wildman–Crippen MR) is 65.2 cm³/mol. The molecule has 4 heteroatoms. The maximum absolute atomic E-state index is 10.9. The average molecular weight is 242 g/mol. The lowest BCUT2D eigenvalue weighted by atomic mass is 9.90. The van der Waals surface area contributed by atoms with Crippen LogP contribution in [0.3, 0.4) is 0 Å². The quantitative estimate of drug-likeness (QED) is 0.762. The van der Waals surface area contributed by atoms with E-state index in [-0.39, 0.29) is 0 Å². The Bertz CT molecular complexity index is 432. The van der Waals surface area contributed by atoms with Gasteiger partial charge in [0.2, 0.25) is 0 Å². The van der Waals surface area contributed by atoms with E-state index >= 15 is 0 Å². The molecule has 0 aromatic heterocycles. The monoisotopic (exact) mass is 242 g/mol. The largest absolute Gasteiger partial charge is 0.383 e. The zero-order chi connectivity index (χ0) is 12.3. The topological polar surface area (TPSA) is 43.4 Å². The van der Waals surface area contributed by atoms with Crippen molar-refractivity contribution in [3.8, 4) is 5.75 Å². The number of hydrogen-bond acceptors (Lipinski definition) is 3. The van der Waals surface area contributed by atoms with Crippen LogP contribution in [-0.2, 0) is 10.1 Å². The van der Waals surface area contributed by atoms with Gasteiger partial charge in [0.15, 0.2) is 0 Å². The number of rotatable bonds is 4. The first-order valence-corrected chi connectivity index (χ1v) is 7.10. The van der Waals surface area contributed by atoms with Gasteiger partial charge in [0.25, 0.3) is 0 Å². The Morgan fingerprint density at radius 3 is 1.94 bits per heavy atom. The SMILES string of the molecule is CC(C)C(C)c1ccc(OS(C)(=O)=O)cc1. The maximum atomic E-state index is 10.9. The van der Waals surface area contributed by atoms with Crippen molar-refractivity contribution in [2.24, 2.45) is 5.92 Å². The number of hydrogen-bond donors (Lipinski definition) is 0. The molecular weight excluding hydrogens is 224 g/mol. The molecule has 1 aromatic carbocycles. The van der Waals surface area contributed by atoms with Gasteiger partial charge >= 0.3 is 10.1 Å². The van der Waals surface area contributed by atoms with Crippen LogP contribution in [-0.4, -0.2) is 14.7 Å². The van der Waals surface area contributed by atoms with Gasteiger partial charge < -0.3 is 4.18 Å². The molecule has 1 rings (SSSR count). The lowest BCUT2D eigenvalue weighted by Crippen LogP contribution is -2.06. The van der Waals surface area contributed by atoms with Crippen molar-refractivity contribution in [1.82, 2.24) is 0 Å². The minimum Gasteiger partial charge on any atom is -0.383 e. The molecule has 16 heavy (non-hydrogen) atoms. The molecule has 1 atom stereocenters. The van der Waals surface area contributed by atoms with Gasteiger partial charge in [-0.2, -0.15) is 8.42 Å². The van der Waals surface area contributed by atoms with Gasteiger partial charge in [0.1, 0.15) is 5.75 Å². The Hall–Kier alpha value is -1.03. The Morgan fingerprint density at radius 2 is 1.56 bits per heavy atom. The summed E-state index contributed by atoms with van der Waals surface area (Å²) in [5, 5.41) is 0. The van der Waals surface area contributed by atoms with Crippen molar-refractivity contribution >= 4 is 10.1 Å². The van der Waals surface area contributed by atoms with Crippen LogP contribution in [0.1, 0.15) is 32.3 Å². The highest BCUT2D eigenvalue weighted by Crippen LogP contribution is 2.25. The second kappa shape index (κ2) is 4.87. The molecule has 0 saturated carbocycles. The average Bonchev–Trinajstić information content (AvgIpc) is 2.15. The van der Waals surface area contributed by atoms with E-state index in [4.69, 9.17) is 4.18 Å². The fraction of sp³-hybridized carbons (Fsp3) is 0.500. The van der Waals surface area contributed by atoms with Crippen molar-refractivity contribution in [2.45, 2.75) is 26.7 Å². The highest BCUT2D eigenvalue weighted by Gasteiger charge is 2.10. The van der Waals surface area contributed by atoms with Crippen LogP contribution in [0, 0.1) is 5.92 Å². The van der Waals surface area contributed by atoms with Crippen LogP contribution in [0.2, 0.25) is 0 Å². The zero-order valence-corrected chi connectivity index (χ0v) is 10.9. The fourth-order valence-corrected chi connectivity index (χ4v) is 1.85. The van der Waals surface area contributed by atoms with E-state index in [9.17, 15) is 8.42 Å². The number of benzene rings is 1. The lowest BCUT2D eigenvalue weighted by Gasteiger charge is -2.16. The molecule has 0 radical (unpaired) electrons. The van der Waals surface area contributed by atoms with Crippen LogP contribution in [0.25, 0.3) is 0 Å². The molecular formula is C12H18O3S. The van der Waals surface area contributed by atoms with Crippen molar-refractivity contribution in [2.75, 3.05) is 6.26 Å². The predicted octanol–water partition coefficient (Wildman–Crippen LogP) is 2.78. The summed E-state index contributed by atoms with van der Waals surface area (Å²) in [5.74, 6) is 1.37. The molecule has 0 N–H and O–H groups in total. The van der Waals surface area contributed by atoms with E-state index in [1.54, 1.807) is 12.1 Å². The van der Waals surface area contributed by atoms with Gasteiger partial charge in [-0.25, -0.2) is 0 Å². The standard InChI is InChI=1S/C12H18O3S/c1-9(2)10(3)11-5-7-12(8-6-11)15-16(4,13)14/h5-10H,1-4H3. The van der Waals surface area contributed by atoms with E-state index < -0.39 is 10.1 Å². The molecule has 0 bridgehead atoms. The molecule has 3 nitrogen and oxygen atoms in total. The molecule has 0 aliphatic rings. The molecule has 0 fully saturated rings. The first-order valence-electron chi connectivity index (χ1n) is 5.29. The highest BCUT2D eigenvalue weighted by molar-refractivity contribution is 7.86. The first-order chi connectivity index (χ1) is 7.29. The summed E-state index contributed by atoms with van der Waals surface area (Å²) in [6.45, 7) is 6.47. The van der Waals surface area contributed by atoms with Gasteiger partial charge in [-0.15, -0.1) is 0 Å². The lowest BCUT2D eigenvalue weighted by molar-refractivity contribution is 0.492. The zero-order valence-electron chi connectivity index (χ0n) is 10.1. The van der Waals surface area contributed by atoms with Crippen molar-refractivity contribution < 1.29 is 12.6 Å². The summed E-state index contributed by atoms with van der Waals surface area (Å²) >= 11 is 0. The third-order valence-corrected chi connectivity index (χ3v) is 3.15. The smallest absolute Gasteiger partial charge is 0.306 e. The third-order valence-electron chi connectivity index (χ3n) is 2.65. The van der Waals surface area contributed by atoms with Crippen molar-refractivity contribution in [3.63, 3.8) is 0 Å². The summed E-state index contributed by atoms with van der Waals surface area (Å²) in [4.78, 5) is 0. The fourth-order valence-electron chi connectivity index (χ4n) is 1.39. The molecule has 0 heterocycles. The normalized spacial score (nSPS) is 13.8. The Labute approximate surface area is 97.6 Å². The molecule has 0 saturated heterocycles. The Kier molecular flexibility index (Phi) is 3.97. The summed E-state index contributed by atoms with van der Waals surface area (Å²) in [7, 11) is -3.43. The molecule has 1 aromatic rings. The van der Waals surface area contributed by atoms with E-state index in [2.05, 4.69) is 20.8 Å². The first kappa shape index (κ1) is 13.0. The molecule has 1 unspecified atom stereocenters. The summed E-state index contributed by atoms with van der Waals surface area (Å²) in [6.07, 6.45) is 1.04. The van der Waals surface area contributed by atoms with Gasteiger partial charge in [0.05, 0.1) is 6.26 Å². The van der Waals surface area contributed by atoms with Gasteiger partial charge in [0, 0.05) is 0 Å².